The van der Waals surface area contributed by atoms with Crippen LogP contribution in [0.1, 0.15) is 22.3 Å². The van der Waals surface area contributed by atoms with Crippen molar-refractivity contribution in [2.45, 2.75) is 5.41 Å². The molecule has 0 bridgehead atoms. The first-order chi connectivity index (χ1) is 30.3. The van der Waals surface area contributed by atoms with Crippen LogP contribution in [0.15, 0.2) is 224 Å². The predicted molar refractivity (Wildman–Crippen MR) is 259 cm³/mol. The van der Waals surface area contributed by atoms with Crippen LogP contribution in [0.2, 0.25) is 0 Å². The number of anilines is 3. The molecule has 0 aliphatic heterocycles. The number of benzene rings is 10. The number of rotatable bonds is 5. The van der Waals surface area contributed by atoms with Gasteiger partial charge in [0.25, 0.3) is 0 Å². The summed E-state index contributed by atoms with van der Waals surface area (Å²) >= 11 is 1.87. The molecule has 0 amide bonds. The second-order valence-electron chi connectivity index (χ2n) is 16.4. The highest BCUT2D eigenvalue weighted by atomic mass is 32.1. The van der Waals surface area contributed by atoms with Crippen molar-refractivity contribution < 1.29 is 0 Å². The van der Waals surface area contributed by atoms with E-state index in [1.165, 1.54) is 97.7 Å². The SMILES string of the molecule is c1ccc(N(c2ccc(-c3ccc4c(c3)C3(c5ccccc5-c5ccccc53)c3ccccc3-4)cc2)c2cccc3ccccc23)c(-c2ccc3c(c2)sc2ccccc23)c1. The van der Waals surface area contributed by atoms with Gasteiger partial charge in [-0.25, -0.2) is 0 Å². The summed E-state index contributed by atoms with van der Waals surface area (Å²) in [4.78, 5) is 2.46. The fraction of sp³-hybridized carbons (Fsp3) is 0.0169. The molecule has 1 heterocycles. The molecule has 0 unspecified atom stereocenters. The Morgan fingerprint density at radius 2 is 0.836 bits per heavy atom. The highest BCUT2D eigenvalue weighted by Crippen LogP contribution is 2.63. The largest absolute Gasteiger partial charge is 0.309 e. The fourth-order valence-corrected chi connectivity index (χ4v) is 11.8. The van der Waals surface area contributed by atoms with Crippen LogP contribution in [0.3, 0.4) is 0 Å². The Hall–Kier alpha value is -7.52. The summed E-state index contributed by atoms with van der Waals surface area (Å²) in [6.45, 7) is 0. The van der Waals surface area contributed by atoms with E-state index < -0.39 is 0 Å². The van der Waals surface area contributed by atoms with E-state index in [-0.39, 0.29) is 5.41 Å². The van der Waals surface area contributed by atoms with Gasteiger partial charge in [0.2, 0.25) is 0 Å². The van der Waals surface area contributed by atoms with Crippen molar-refractivity contribution in [2.75, 3.05) is 4.90 Å². The Morgan fingerprint density at radius 3 is 1.57 bits per heavy atom. The molecular formula is C59H37NS. The second kappa shape index (κ2) is 13.2. The van der Waals surface area contributed by atoms with Crippen LogP contribution in [-0.4, -0.2) is 0 Å². The molecule has 0 radical (unpaired) electrons. The minimum atomic E-state index is -0.372. The van der Waals surface area contributed by atoms with Crippen LogP contribution in [-0.2, 0) is 5.41 Å². The third kappa shape index (κ3) is 4.94. The number of para-hydroxylation sites is 1. The maximum Gasteiger partial charge on any atom is 0.0725 e. The summed E-state index contributed by atoms with van der Waals surface area (Å²) in [6.07, 6.45) is 0. The van der Waals surface area contributed by atoms with Crippen LogP contribution in [0.4, 0.5) is 17.1 Å². The zero-order valence-electron chi connectivity index (χ0n) is 33.2. The first-order valence-electron chi connectivity index (χ1n) is 21.1. The van der Waals surface area contributed by atoms with E-state index in [4.69, 9.17) is 0 Å². The van der Waals surface area contributed by atoms with Crippen LogP contribution >= 0.6 is 11.3 Å². The van der Waals surface area contributed by atoms with Gasteiger partial charge in [0.1, 0.15) is 0 Å². The van der Waals surface area contributed by atoms with Crippen LogP contribution in [0.5, 0.6) is 0 Å². The summed E-state index contributed by atoms with van der Waals surface area (Å²) in [5.41, 5.74) is 18.6. The van der Waals surface area contributed by atoms with Gasteiger partial charge in [-0.1, -0.05) is 182 Å². The van der Waals surface area contributed by atoms with Gasteiger partial charge in [0.15, 0.2) is 0 Å². The molecule has 284 valence electrons. The van der Waals surface area contributed by atoms with Crippen molar-refractivity contribution in [2.24, 2.45) is 0 Å². The van der Waals surface area contributed by atoms with E-state index in [1.807, 2.05) is 11.3 Å². The van der Waals surface area contributed by atoms with Gasteiger partial charge in [-0.2, -0.15) is 0 Å². The Bertz CT molecular complexity index is 3490. The van der Waals surface area contributed by atoms with Crippen molar-refractivity contribution in [3.8, 4) is 44.5 Å². The first kappa shape index (κ1) is 34.4. The molecule has 1 aromatic heterocycles. The molecule has 0 N–H and O–H groups in total. The Kier molecular flexibility index (Phi) is 7.46. The number of nitrogens with zero attached hydrogens (tertiary/aromatic N) is 1. The summed E-state index contributed by atoms with van der Waals surface area (Å²) in [6, 6.07) is 83.5. The average Bonchev–Trinajstić information content (AvgIpc) is 3.96. The van der Waals surface area contributed by atoms with Crippen molar-refractivity contribution >= 4 is 59.3 Å². The summed E-state index contributed by atoms with van der Waals surface area (Å²) < 4.78 is 2.62. The van der Waals surface area contributed by atoms with E-state index >= 15 is 0 Å². The number of fused-ring (bicyclic) bond motifs is 14. The lowest BCUT2D eigenvalue weighted by atomic mass is 9.70. The van der Waals surface area contributed by atoms with Crippen LogP contribution < -0.4 is 4.90 Å². The van der Waals surface area contributed by atoms with E-state index in [0.29, 0.717) is 0 Å². The predicted octanol–water partition coefficient (Wildman–Crippen LogP) is 16.4. The number of thiophene rings is 1. The van der Waals surface area contributed by atoms with Gasteiger partial charge in [0, 0.05) is 36.8 Å². The minimum absolute atomic E-state index is 0.372. The van der Waals surface area contributed by atoms with E-state index in [9.17, 15) is 0 Å². The molecule has 61 heavy (non-hydrogen) atoms. The highest BCUT2D eigenvalue weighted by molar-refractivity contribution is 7.25. The smallest absolute Gasteiger partial charge is 0.0725 e. The molecule has 13 rings (SSSR count). The number of hydrogen-bond donors (Lipinski definition) is 0. The molecule has 0 atom stereocenters. The molecule has 1 nitrogen and oxygen atoms in total. The first-order valence-corrected chi connectivity index (χ1v) is 21.9. The van der Waals surface area contributed by atoms with Gasteiger partial charge in [-0.3, -0.25) is 0 Å². The zero-order valence-corrected chi connectivity index (χ0v) is 34.0. The topological polar surface area (TPSA) is 3.24 Å². The van der Waals surface area contributed by atoms with Crippen LogP contribution in [0.25, 0.3) is 75.5 Å². The van der Waals surface area contributed by atoms with Crippen LogP contribution in [0, 0.1) is 0 Å². The molecule has 2 aliphatic rings. The van der Waals surface area contributed by atoms with Gasteiger partial charge >= 0.3 is 0 Å². The normalized spacial score (nSPS) is 13.0. The summed E-state index contributed by atoms with van der Waals surface area (Å²) in [5.74, 6) is 0. The van der Waals surface area contributed by atoms with Gasteiger partial charge < -0.3 is 4.90 Å². The Morgan fingerprint density at radius 1 is 0.311 bits per heavy atom. The lowest BCUT2D eigenvalue weighted by molar-refractivity contribution is 0.794. The molecule has 1 spiro atoms. The van der Waals surface area contributed by atoms with Gasteiger partial charge in [-0.15, -0.1) is 11.3 Å². The molecule has 0 fully saturated rings. The molecule has 0 saturated carbocycles. The van der Waals surface area contributed by atoms with E-state index in [0.717, 1.165) is 17.1 Å². The summed E-state index contributed by atoms with van der Waals surface area (Å²) in [7, 11) is 0. The summed E-state index contributed by atoms with van der Waals surface area (Å²) in [5, 5.41) is 5.06. The van der Waals surface area contributed by atoms with Crippen molar-refractivity contribution in [3.63, 3.8) is 0 Å². The zero-order chi connectivity index (χ0) is 40.1. The lowest BCUT2D eigenvalue weighted by Crippen LogP contribution is -2.25. The van der Waals surface area contributed by atoms with E-state index in [2.05, 4.69) is 229 Å². The monoisotopic (exact) mass is 791 g/mol. The standard InChI is InChI=1S/C59H37NS/c1-2-16-43-39(14-1)15-13-26-56(43)60(55-25-11-6-17-44(55)41-31-35-50-49-21-7-12-27-57(49)61-58(50)37-41)42-32-28-38(29-33-42)40-30-34-48-47-20-5-10-24-53(47)59(54(48)36-40)51-22-8-3-18-45(51)46-19-4-9-23-52(46)59/h1-37H. The number of hydrogen-bond acceptors (Lipinski definition) is 2. The molecule has 2 heteroatoms. The minimum Gasteiger partial charge on any atom is -0.309 e. The Labute approximate surface area is 359 Å². The van der Waals surface area contributed by atoms with Gasteiger partial charge in [-0.05, 0) is 109 Å². The maximum absolute atomic E-state index is 2.48. The highest BCUT2D eigenvalue weighted by Gasteiger charge is 2.51. The van der Waals surface area contributed by atoms with Gasteiger partial charge in [0.05, 0.1) is 16.8 Å². The van der Waals surface area contributed by atoms with Crippen molar-refractivity contribution in [1.29, 1.82) is 0 Å². The molecule has 11 aromatic rings. The lowest BCUT2D eigenvalue weighted by Gasteiger charge is -2.31. The third-order valence-electron chi connectivity index (χ3n) is 13.3. The Balaban J connectivity index is 0.968. The van der Waals surface area contributed by atoms with Crippen molar-refractivity contribution in [3.05, 3.63) is 247 Å². The average molecular weight is 792 g/mol. The molecule has 10 aromatic carbocycles. The second-order valence-corrected chi connectivity index (χ2v) is 17.4. The van der Waals surface area contributed by atoms with Crippen molar-refractivity contribution in [1.82, 2.24) is 0 Å². The quantitative estimate of drug-likeness (QED) is 0.168. The van der Waals surface area contributed by atoms with E-state index in [1.54, 1.807) is 0 Å². The third-order valence-corrected chi connectivity index (χ3v) is 14.4. The maximum atomic E-state index is 2.48. The fourth-order valence-electron chi connectivity index (χ4n) is 10.7. The molecule has 0 saturated heterocycles. The molecule has 2 aliphatic carbocycles. The molecular weight excluding hydrogens is 755 g/mol.